The molecule has 0 saturated carbocycles. The second-order valence-electron chi connectivity index (χ2n) is 4.62. The summed E-state index contributed by atoms with van der Waals surface area (Å²) in [5.41, 5.74) is 2.30. The number of aryl methyl sites for hydroxylation is 1. The van der Waals surface area contributed by atoms with Crippen LogP contribution in [0.15, 0.2) is 42.7 Å². The van der Waals surface area contributed by atoms with Crippen LogP contribution in [0.5, 0.6) is 0 Å². The number of hydrogen-bond acceptors (Lipinski definition) is 3. The molecule has 0 fully saturated rings. The Bertz CT molecular complexity index is 453. The van der Waals surface area contributed by atoms with Gasteiger partial charge >= 0.3 is 0 Å². The maximum Gasteiger partial charge on any atom is 0.159 e. The second kappa shape index (κ2) is 9.95. The van der Waals surface area contributed by atoms with Crippen molar-refractivity contribution in [3.8, 4) is 11.4 Å². The smallest absolute Gasteiger partial charge is 0.159 e. The van der Waals surface area contributed by atoms with Gasteiger partial charge in [0.05, 0.1) is 0 Å². The number of benzene rings is 1. The van der Waals surface area contributed by atoms with Gasteiger partial charge in [0.2, 0.25) is 0 Å². The van der Waals surface area contributed by atoms with Gasteiger partial charge in [-0.05, 0) is 24.5 Å². The Balaban J connectivity index is 0.000000467. The molecule has 0 spiro atoms. The van der Waals surface area contributed by atoms with Crippen molar-refractivity contribution in [2.75, 3.05) is 0 Å². The van der Waals surface area contributed by atoms with E-state index in [0.717, 1.165) is 17.3 Å². The highest BCUT2D eigenvalue weighted by Gasteiger charge is 2.01. The summed E-state index contributed by atoms with van der Waals surface area (Å²) in [6.07, 6.45) is 3.52. The molecule has 102 valence electrons. The zero-order chi connectivity index (χ0) is 14.7. The van der Waals surface area contributed by atoms with Gasteiger partial charge in [0.1, 0.15) is 6.79 Å². The zero-order valence-corrected chi connectivity index (χ0v) is 12.1. The first-order valence-electron chi connectivity index (χ1n) is 6.23. The van der Waals surface area contributed by atoms with Crippen LogP contribution in [0, 0.1) is 12.8 Å². The number of nitrogens with zero attached hydrogens (tertiary/aromatic N) is 2. The molecule has 0 saturated heterocycles. The summed E-state index contributed by atoms with van der Waals surface area (Å²) in [6, 6.07) is 9.93. The first-order valence-corrected chi connectivity index (χ1v) is 6.23. The molecule has 2 aromatic rings. The zero-order valence-electron chi connectivity index (χ0n) is 12.1. The van der Waals surface area contributed by atoms with E-state index in [1.165, 1.54) is 5.56 Å². The van der Waals surface area contributed by atoms with Crippen LogP contribution >= 0.6 is 0 Å². The highest BCUT2D eigenvalue weighted by molar-refractivity contribution is 5.59. The van der Waals surface area contributed by atoms with Crippen molar-refractivity contribution in [3.05, 3.63) is 48.3 Å². The summed E-state index contributed by atoms with van der Waals surface area (Å²) >= 11 is 0. The Labute approximate surface area is 115 Å². The number of hydrogen-bond donors (Lipinski definition) is 0. The van der Waals surface area contributed by atoms with Crippen LogP contribution in [0.4, 0.5) is 0 Å². The monoisotopic (exact) mass is 258 g/mol. The van der Waals surface area contributed by atoms with Crippen molar-refractivity contribution < 1.29 is 4.79 Å². The summed E-state index contributed by atoms with van der Waals surface area (Å²) in [5.74, 6) is 1.63. The third kappa shape index (κ3) is 7.09. The molecule has 1 heterocycles. The van der Waals surface area contributed by atoms with Gasteiger partial charge < -0.3 is 4.79 Å². The van der Waals surface area contributed by atoms with Gasteiger partial charge in [-0.2, -0.15) is 0 Å². The molecule has 1 aromatic heterocycles. The van der Waals surface area contributed by atoms with E-state index in [2.05, 4.69) is 43.7 Å². The van der Waals surface area contributed by atoms with Gasteiger partial charge in [-0.25, -0.2) is 9.97 Å². The van der Waals surface area contributed by atoms with Crippen molar-refractivity contribution in [1.82, 2.24) is 9.97 Å². The highest BCUT2D eigenvalue weighted by atomic mass is 16.1. The molecule has 0 radical (unpaired) electrons. The van der Waals surface area contributed by atoms with E-state index in [0.29, 0.717) is 0 Å². The van der Waals surface area contributed by atoms with Crippen LogP contribution in [0.25, 0.3) is 11.4 Å². The molecular weight excluding hydrogens is 236 g/mol. The predicted octanol–water partition coefficient (Wildman–Crippen LogP) is 3.93. The van der Waals surface area contributed by atoms with Gasteiger partial charge in [-0.1, -0.05) is 45.0 Å². The molecule has 0 atom stereocenters. The van der Waals surface area contributed by atoms with Crippen molar-refractivity contribution >= 4 is 6.79 Å². The summed E-state index contributed by atoms with van der Waals surface area (Å²) in [4.78, 5) is 16.4. The Morgan fingerprint density at radius 1 is 0.947 bits per heavy atom. The molecular formula is C16H22N2O. The van der Waals surface area contributed by atoms with E-state index in [9.17, 15) is 0 Å². The summed E-state index contributed by atoms with van der Waals surface area (Å²) < 4.78 is 0. The molecule has 0 N–H and O–H groups in total. The lowest BCUT2D eigenvalue weighted by atomic mass is 10.1. The number of aromatic nitrogens is 2. The van der Waals surface area contributed by atoms with Crippen LogP contribution < -0.4 is 0 Å². The van der Waals surface area contributed by atoms with Gasteiger partial charge in [0, 0.05) is 18.0 Å². The van der Waals surface area contributed by atoms with Crippen molar-refractivity contribution in [2.24, 2.45) is 5.92 Å². The number of carbonyl (C=O) groups excluding carboxylic acids is 1. The molecule has 0 aliphatic heterocycles. The number of rotatable bonds is 1. The average Bonchev–Trinajstić information content (AvgIpc) is 2.42. The van der Waals surface area contributed by atoms with Crippen molar-refractivity contribution in [3.63, 3.8) is 0 Å². The molecule has 0 bridgehead atoms. The first-order chi connectivity index (χ1) is 9.11. The Morgan fingerprint density at radius 2 is 1.42 bits per heavy atom. The topological polar surface area (TPSA) is 42.9 Å². The van der Waals surface area contributed by atoms with Crippen LogP contribution in [0.2, 0.25) is 0 Å². The third-order valence-electron chi connectivity index (χ3n) is 1.95. The molecule has 2 rings (SSSR count). The third-order valence-corrected chi connectivity index (χ3v) is 1.95. The van der Waals surface area contributed by atoms with Crippen molar-refractivity contribution in [2.45, 2.75) is 27.7 Å². The maximum absolute atomic E-state index is 8.00. The predicted molar refractivity (Wildman–Crippen MR) is 79.8 cm³/mol. The van der Waals surface area contributed by atoms with Crippen molar-refractivity contribution in [1.29, 1.82) is 0 Å². The van der Waals surface area contributed by atoms with Gasteiger partial charge in [0.15, 0.2) is 5.82 Å². The fourth-order valence-electron chi connectivity index (χ4n) is 1.26. The van der Waals surface area contributed by atoms with Gasteiger partial charge in [-0.3, -0.25) is 0 Å². The van der Waals surface area contributed by atoms with Gasteiger partial charge in [0.25, 0.3) is 0 Å². The highest BCUT2D eigenvalue weighted by Crippen LogP contribution is 2.17. The Morgan fingerprint density at radius 3 is 1.89 bits per heavy atom. The lowest BCUT2D eigenvalue weighted by molar-refractivity contribution is -0.0979. The number of carbonyl (C=O) groups is 1. The quantitative estimate of drug-likeness (QED) is 0.778. The lowest BCUT2D eigenvalue weighted by Crippen LogP contribution is -1.88. The molecule has 0 unspecified atom stereocenters. The lowest BCUT2D eigenvalue weighted by Gasteiger charge is -2.01. The molecule has 0 amide bonds. The minimum absolute atomic E-state index is 0.792. The summed E-state index contributed by atoms with van der Waals surface area (Å²) in [6.45, 7) is 10.6. The second-order valence-corrected chi connectivity index (χ2v) is 4.62. The van der Waals surface area contributed by atoms with Gasteiger partial charge in [-0.15, -0.1) is 0 Å². The maximum atomic E-state index is 8.00. The normalized spacial score (nSPS) is 8.89. The minimum Gasteiger partial charge on any atom is -0.307 e. The molecule has 19 heavy (non-hydrogen) atoms. The standard InChI is InChI=1S/C11H10N2.C4H10.CH2O/c1-9-5-2-3-6-10(9)11-12-7-4-8-13-11;1-4(2)3;1-2/h2-8H,1H3;4H,1-3H3;1H2. The fraction of sp³-hybridized carbons (Fsp3) is 0.312. The molecule has 0 aliphatic carbocycles. The van der Waals surface area contributed by atoms with E-state index in [1.54, 1.807) is 12.4 Å². The van der Waals surface area contributed by atoms with Crippen LogP contribution in [0.1, 0.15) is 26.3 Å². The summed E-state index contributed by atoms with van der Waals surface area (Å²) in [7, 11) is 0. The Kier molecular flexibility index (Phi) is 8.88. The molecule has 3 nitrogen and oxygen atoms in total. The van der Waals surface area contributed by atoms with E-state index >= 15 is 0 Å². The summed E-state index contributed by atoms with van der Waals surface area (Å²) in [5, 5.41) is 0. The largest absolute Gasteiger partial charge is 0.307 e. The minimum atomic E-state index is 0.792. The van der Waals surface area contributed by atoms with E-state index in [1.807, 2.05) is 31.1 Å². The van der Waals surface area contributed by atoms with E-state index in [-0.39, 0.29) is 0 Å². The SMILES string of the molecule is C=O.CC(C)C.Cc1ccccc1-c1ncccn1. The first kappa shape index (κ1) is 17.0. The fourth-order valence-corrected chi connectivity index (χ4v) is 1.26. The van der Waals surface area contributed by atoms with Crippen LogP contribution in [-0.4, -0.2) is 16.8 Å². The molecule has 1 aromatic carbocycles. The average molecular weight is 258 g/mol. The van der Waals surface area contributed by atoms with Crippen LogP contribution in [-0.2, 0) is 4.79 Å². The van der Waals surface area contributed by atoms with E-state index in [4.69, 9.17) is 4.79 Å². The molecule has 0 aliphatic rings. The molecule has 3 heteroatoms. The Hall–Kier alpha value is -2.03. The van der Waals surface area contributed by atoms with Crippen LogP contribution in [0.3, 0.4) is 0 Å². The van der Waals surface area contributed by atoms with E-state index < -0.39 is 0 Å².